The van der Waals surface area contributed by atoms with Crippen LogP contribution in [0.4, 0.5) is 0 Å². The van der Waals surface area contributed by atoms with Gasteiger partial charge in [-0.25, -0.2) is 4.57 Å². The van der Waals surface area contributed by atoms with Crippen LogP contribution in [0.3, 0.4) is 0 Å². The number of aromatic nitrogens is 2. The molecule has 0 radical (unpaired) electrons. The van der Waals surface area contributed by atoms with E-state index in [1.165, 1.54) is 44.6 Å². The Balaban J connectivity index is 1.47. The van der Waals surface area contributed by atoms with Crippen LogP contribution in [-0.4, -0.2) is 4.98 Å². The largest absolute Gasteiger partial charge is 0.256 e. The molecular formula is C33H29N2+. The molecule has 170 valence electrons. The first-order valence-corrected chi connectivity index (χ1v) is 12.0. The predicted octanol–water partition coefficient (Wildman–Crippen LogP) is 7.47. The van der Waals surface area contributed by atoms with Gasteiger partial charge in [0.25, 0.3) is 0 Å². The standard InChI is InChI=1S/C33H29N2/c1-25-12-3-6-17-29(25)28-21-23-35(2)33(24-28)31-19-8-5-14-27(31)16-11-15-26-13-4-7-18-30(26)32-20-9-10-22-34-32/h3-14,16-24H,15H2,1-2H3/q+1/b16-11+. The molecule has 2 nitrogen and oxygen atoms in total. The van der Waals surface area contributed by atoms with Gasteiger partial charge in [-0.1, -0.05) is 84.9 Å². The number of hydrogen-bond acceptors (Lipinski definition) is 1. The first-order valence-electron chi connectivity index (χ1n) is 12.0. The lowest BCUT2D eigenvalue weighted by Crippen LogP contribution is -2.30. The van der Waals surface area contributed by atoms with Crippen molar-refractivity contribution in [3.63, 3.8) is 0 Å². The van der Waals surface area contributed by atoms with E-state index in [2.05, 4.69) is 133 Å². The van der Waals surface area contributed by atoms with Crippen LogP contribution in [0.5, 0.6) is 0 Å². The van der Waals surface area contributed by atoms with Crippen molar-refractivity contribution in [2.24, 2.45) is 7.05 Å². The zero-order valence-corrected chi connectivity index (χ0v) is 20.2. The molecule has 0 amide bonds. The summed E-state index contributed by atoms with van der Waals surface area (Å²) in [6, 6.07) is 36.2. The van der Waals surface area contributed by atoms with E-state index in [9.17, 15) is 0 Å². The molecule has 0 aliphatic rings. The minimum atomic E-state index is 0.844. The molecule has 0 unspecified atom stereocenters. The molecule has 0 aliphatic carbocycles. The molecule has 5 aromatic rings. The van der Waals surface area contributed by atoms with E-state index >= 15 is 0 Å². The highest BCUT2D eigenvalue weighted by atomic mass is 14.9. The number of aryl methyl sites for hydroxylation is 2. The Kier molecular flexibility index (Phi) is 6.63. The third-order valence-electron chi connectivity index (χ3n) is 6.44. The average molecular weight is 454 g/mol. The van der Waals surface area contributed by atoms with Gasteiger partial charge in [-0.3, -0.25) is 4.98 Å². The molecule has 0 atom stereocenters. The first kappa shape index (κ1) is 22.5. The summed E-state index contributed by atoms with van der Waals surface area (Å²) >= 11 is 0. The summed E-state index contributed by atoms with van der Waals surface area (Å²) in [5.41, 5.74) is 10.9. The zero-order valence-electron chi connectivity index (χ0n) is 20.2. The maximum atomic E-state index is 4.55. The number of allylic oxidation sites excluding steroid dienone is 1. The Hall–Kier alpha value is -4.30. The van der Waals surface area contributed by atoms with Crippen LogP contribution in [0.15, 0.2) is 122 Å². The second kappa shape index (κ2) is 10.3. The average Bonchev–Trinajstić information content (AvgIpc) is 2.91. The van der Waals surface area contributed by atoms with Crippen LogP contribution >= 0.6 is 0 Å². The first-order chi connectivity index (χ1) is 17.2. The summed E-state index contributed by atoms with van der Waals surface area (Å²) in [4.78, 5) is 4.55. The van der Waals surface area contributed by atoms with Gasteiger partial charge < -0.3 is 0 Å². The Bertz CT molecular complexity index is 1480. The van der Waals surface area contributed by atoms with Gasteiger partial charge in [-0.05, 0) is 59.4 Å². The van der Waals surface area contributed by atoms with Crippen molar-refractivity contribution in [1.29, 1.82) is 0 Å². The molecule has 0 N–H and O–H groups in total. The minimum Gasteiger partial charge on any atom is -0.256 e. The van der Waals surface area contributed by atoms with Crippen molar-refractivity contribution in [3.05, 3.63) is 138 Å². The van der Waals surface area contributed by atoms with Crippen LogP contribution in [0, 0.1) is 6.92 Å². The van der Waals surface area contributed by atoms with E-state index in [-0.39, 0.29) is 0 Å². The summed E-state index contributed by atoms with van der Waals surface area (Å²) in [7, 11) is 2.11. The van der Waals surface area contributed by atoms with Gasteiger partial charge in [-0.2, -0.15) is 0 Å². The van der Waals surface area contributed by atoms with Gasteiger partial charge in [0.15, 0.2) is 6.20 Å². The molecule has 0 saturated heterocycles. The number of pyridine rings is 2. The molecule has 5 rings (SSSR count). The molecular weight excluding hydrogens is 424 g/mol. The van der Waals surface area contributed by atoms with Crippen LogP contribution in [-0.2, 0) is 13.5 Å². The van der Waals surface area contributed by atoms with Gasteiger partial charge >= 0.3 is 0 Å². The Labute approximate surface area is 207 Å². The molecule has 3 aromatic carbocycles. The highest BCUT2D eigenvalue weighted by Crippen LogP contribution is 2.29. The summed E-state index contributed by atoms with van der Waals surface area (Å²) in [6.45, 7) is 2.17. The predicted molar refractivity (Wildman–Crippen MR) is 146 cm³/mol. The number of rotatable bonds is 6. The fraction of sp³-hybridized carbons (Fsp3) is 0.0909. The highest BCUT2D eigenvalue weighted by Gasteiger charge is 2.15. The lowest BCUT2D eigenvalue weighted by atomic mass is 9.97. The summed E-state index contributed by atoms with van der Waals surface area (Å²) < 4.78 is 2.20. The molecule has 2 heterocycles. The SMILES string of the molecule is Cc1ccccc1-c1cc[n+](C)c(-c2ccccc2/C=C/Cc2ccccc2-c2ccccn2)c1. The van der Waals surface area contributed by atoms with Gasteiger partial charge in [0.05, 0.1) is 11.3 Å². The van der Waals surface area contributed by atoms with Crippen LogP contribution in [0.25, 0.3) is 39.7 Å². The van der Waals surface area contributed by atoms with Gasteiger partial charge in [-0.15, -0.1) is 0 Å². The number of hydrogen-bond donors (Lipinski definition) is 0. The Morgan fingerprint density at radius 3 is 2.26 bits per heavy atom. The highest BCUT2D eigenvalue weighted by molar-refractivity contribution is 5.76. The van der Waals surface area contributed by atoms with Crippen LogP contribution < -0.4 is 4.57 Å². The molecule has 2 heteroatoms. The summed E-state index contributed by atoms with van der Waals surface area (Å²) in [6.07, 6.45) is 9.34. The maximum absolute atomic E-state index is 4.55. The fourth-order valence-corrected chi connectivity index (χ4v) is 4.56. The topological polar surface area (TPSA) is 16.8 Å². The normalized spacial score (nSPS) is 11.1. The van der Waals surface area contributed by atoms with E-state index in [1.54, 1.807) is 0 Å². The van der Waals surface area contributed by atoms with Crippen molar-refractivity contribution in [1.82, 2.24) is 4.98 Å². The fourth-order valence-electron chi connectivity index (χ4n) is 4.56. The van der Waals surface area contributed by atoms with Crippen LogP contribution in [0.1, 0.15) is 16.7 Å². The number of nitrogens with zero attached hydrogens (tertiary/aromatic N) is 2. The summed E-state index contributed by atoms with van der Waals surface area (Å²) in [5, 5.41) is 0. The van der Waals surface area contributed by atoms with E-state index < -0.39 is 0 Å². The van der Waals surface area contributed by atoms with Crippen molar-refractivity contribution in [3.8, 4) is 33.6 Å². The third-order valence-corrected chi connectivity index (χ3v) is 6.44. The van der Waals surface area contributed by atoms with Crippen molar-refractivity contribution in [2.45, 2.75) is 13.3 Å². The van der Waals surface area contributed by atoms with E-state index in [0.29, 0.717) is 0 Å². The zero-order chi connectivity index (χ0) is 24.0. The summed E-state index contributed by atoms with van der Waals surface area (Å²) in [5.74, 6) is 0. The molecule has 0 aliphatic heterocycles. The van der Waals surface area contributed by atoms with Crippen LogP contribution in [0.2, 0.25) is 0 Å². The Morgan fingerprint density at radius 2 is 1.46 bits per heavy atom. The van der Waals surface area contributed by atoms with E-state index in [0.717, 1.165) is 12.1 Å². The van der Waals surface area contributed by atoms with E-state index in [1.807, 2.05) is 18.3 Å². The molecule has 0 saturated carbocycles. The van der Waals surface area contributed by atoms with Crippen molar-refractivity contribution >= 4 is 6.08 Å². The van der Waals surface area contributed by atoms with Gasteiger partial charge in [0.2, 0.25) is 5.69 Å². The molecule has 0 spiro atoms. The monoisotopic (exact) mass is 453 g/mol. The Morgan fingerprint density at radius 1 is 0.743 bits per heavy atom. The van der Waals surface area contributed by atoms with Gasteiger partial charge in [0, 0.05) is 23.9 Å². The second-order valence-electron chi connectivity index (χ2n) is 8.79. The van der Waals surface area contributed by atoms with Crippen molar-refractivity contribution < 1.29 is 4.57 Å². The quantitative estimate of drug-likeness (QED) is 0.244. The van der Waals surface area contributed by atoms with Crippen molar-refractivity contribution in [2.75, 3.05) is 0 Å². The minimum absolute atomic E-state index is 0.844. The van der Waals surface area contributed by atoms with Gasteiger partial charge in [0.1, 0.15) is 7.05 Å². The maximum Gasteiger partial charge on any atom is 0.213 e. The second-order valence-corrected chi connectivity index (χ2v) is 8.79. The lowest BCUT2D eigenvalue weighted by molar-refractivity contribution is -0.660. The third kappa shape index (κ3) is 4.97. The molecule has 0 bridgehead atoms. The smallest absolute Gasteiger partial charge is 0.213 e. The molecule has 35 heavy (non-hydrogen) atoms. The molecule has 2 aromatic heterocycles. The number of benzene rings is 3. The van der Waals surface area contributed by atoms with E-state index in [4.69, 9.17) is 0 Å². The molecule has 0 fully saturated rings. The lowest BCUT2D eigenvalue weighted by Gasteiger charge is -2.09.